The molecule has 9 nitrogen and oxygen atoms in total. The van der Waals surface area contributed by atoms with Gasteiger partial charge in [0.15, 0.2) is 11.5 Å². The maximum atomic E-state index is 13.4. The van der Waals surface area contributed by atoms with Crippen LogP contribution in [-0.4, -0.2) is 51.0 Å². The standard InChI is InChI=1S/C32H29N3O6/c36-30(24-9-12-26-27(19-24)40-18-17-39-26)28-29(35(32(38)31(28)37)15-4-14-34-16-13-33-21-34)23-7-10-25(11-8-23)41-20-22-5-2-1-3-6-22/h1-3,5-13,16,19,21,29,36H,4,14-15,17-18,20H2/t29-/m0/s1. The number of carbonyl (C=O) groups excluding carboxylic acids is 2. The zero-order valence-corrected chi connectivity index (χ0v) is 22.3. The molecule has 0 aliphatic carbocycles. The monoisotopic (exact) mass is 551 g/mol. The second-order valence-corrected chi connectivity index (χ2v) is 9.85. The highest BCUT2D eigenvalue weighted by Crippen LogP contribution is 2.41. The Hall–Kier alpha value is -5.05. The molecule has 4 aromatic rings. The van der Waals surface area contributed by atoms with Gasteiger partial charge in [-0.05, 0) is 47.9 Å². The topological polar surface area (TPSA) is 103 Å². The van der Waals surface area contributed by atoms with Crippen molar-refractivity contribution in [3.05, 3.63) is 114 Å². The third-order valence-corrected chi connectivity index (χ3v) is 7.17. The van der Waals surface area contributed by atoms with Crippen molar-refractivity contribution in [3.63, 3.8) is 0 Å². The van der Waals surface area contributed by atoms with Crippen LogP contribution in [0.3, 0.4) is 0 Å². The normalized spacial score (nSPS) is 17.6. The third kappa shape index (κ3) is 5.51. The number of fused-ring (bicyclic) bond motifs is 1. The molecule has 1 fully saturated rings. The second kappa shape index (κ2) is 11.6. The van der Waals surface area contributed by atoms with Crippen LogP contribution in [0.2, 0.25) is 0 Å². The van der Waals surface area contributed by atoms with Crippen LogP contribution in [0.15, 0.2) is 97.1 Å². The number of aliphatic hydroxyl groups is 1. The Morgan fingerprint density at radius 1 is 0.951 bits per heavy atom. The number of aryl methyl sites for hydroxylation is 1. The van der Waals surface area contributed by atoms with Gasteiger partial charge in [0.25, 0.3) is 11.7 Å². The van der Waals surface area contributed by atoms with Crippen molar-refractivity contribution < 1.29 is 28.9 Å². The molecule has 1 N–H and O–H groups in total. The molecule has 0 saturated carbocycles. The van der Waals surface area contributed by atoms with E-state index in [4.69, 9.17) is 14.2 Å². The van der Waals surface area contributed by atoms with E-state index in [0.717, 1.165) is 5.56 Å². The molecule has 1 aromatic heterocycles. The minimum Gasteiger partial charge on any atom is -0.507 e. The summed E-state index contributed by atoms with van der Waals surface area (Å²) in [5.41, 5.74) is 2.14. The number of hydrogen-bond acceptors (Lipinski definition) is 7. The van der Waals surface area contributed by atoms with E-state index in [9.17, 15) is 14.7 Å². The van der Waals surface area contributed by atoms with Crippen molar-refractivity contribution >= 4 is 17.4 Å². The fraction of sp³-hybridized carbons (Fsp3) is 0.219. The minimum absolute atomic E-state index is 0.0345. The number of aromatic nitrogens is 2. The van der Waals surface area contributed by atoms with Gasteiger partial charge < -0.3 is 28.8 Å². The van der Waals surface area contributed by atoms with Gasteiger partial charge in [-0.3, -0.25) is 9.59 Å². The molecule has 9 heteroatoms. The molecule has 6 rings (SSSR count). The molecule has 0 unspecified atom stereocenters. The van der Waals surface area contributed by atoms with Crippen LogP contribution in [0.5, 0.6) is 17.2 Å². The van der Waals surface area contributed by atoms with E-state index in [-0.39, 0.29) is 11.3 Å². The summed E-state index contributed by atoms with van der Waals surface area (Å²) >= 11 is 0. The van der Waals surface area contributed by atoms with Gasteiger partial charge in [-0.15, -0.1) is 0 Å². The largest absolute Gasteiger partial charge is 0.507 e. The fourth-order valence-corrected chi connectivity index (χ4v) is 5.13. The summed E-state index contributed by atoms with van der Waals surface area (Å²) in [6.07, 6.45) is 5.85. The van der Waals surface area contributed by atoms with E-state index >= 15 is 0 Å². The van der Waals surface area contributed by atoms with Gasteiger partial charge in [0.05, 0.1) is 17.9 Å². The van der Waals surface area contributed by atoms with Crippen molar-refractivity contribution in [2.24, 2.45) is 0 Å². The first-order valence-electron chi connectivity index (χ1n) is 13.5. The van der Waals surface area contributed by atoms with Gasteiger partial charge in [0.1, 0.15) is 31.3 Å². The fourth-order valence-electron chi connectivity index (χ4n) is 5.13. The highest BCUT2D eigenvalue weighted by atomic mass is 16.6. The lowest BCUT2D eigenvalue weighted by atomic mass is 9.95. The van der Waals surface area contributed by atoms with Crippen LogP contribution < -0.4 is 14.2 Å². The number of amides is 1. The molecule has 0 spiro atoms. The van der Waals surface area contributed by atoms with E-state index in [1.807, 2.05) is 65.4 Å². The number of ketones is 1. The summed E-state index contributed by atoms with van der Waals surface area (Å²) in [5, 5.41) is 11.4. The lowest BCUT2D eigenvalue weighted by molar-refractivity contribution is -0.139. The summed E-state index contributed by atoms with van der Waals surface area (Å²) in [6.45, 7) is 2.18. The molecule has 208 valence electrons. The molecule has 0 bridgehead atoms. The molecular formula is C32H29N3O6. The maximum absolute atomic E-state index is 13.4. The van der Waals surface area contributed by atoms with E-state index in [1.165, 1.54) is 4.90 Å². The number of benzene rings is 3. The summed E-state index contributed by atoms with van der Waals surface area (Å²) in [4.78, 5) is 32.3. The Labute approximate surface area is 237 Å². The van der Waals surface area contributed by atoms with Crippen LogP contribution in [0.4, 0.5) is 0 Å². The van der Waals surface area contributed by atoms with Crippen molar-refractivity contribution in [3.8, 4) is 17.2 Å². The Bertz CT molecular complexity index is 1560. The number of carbonyl (C=O) groups is 2. The minimum atomic E-state index is -0.769. The molecule has 41 heavy (non-hydrogen) atoms. The summed E-state index contributed by atoms with van der Waals surface area (Å²) < 4.78 is 19.1. The summed E-state index contributed by atoms with van der Waals surface area (Å²) in [5.74, 6) is 0.0635. The Morgan fingerprint density at radius 3 is 2.49 bits per heavy atom. The van der Waals surface area contributed by atoms with E-state index in [2.05, 4.69) is 4.98 Å². The predicted molar refractivity (Wildman–Crippen MR) is 151 cm³/mol. The third-order valence-electron chi connectivity index (χ3n) is 7.17. The van der Waals surface area contributed by atoms with Crippen LogP contribution in [-0.2, 0) is 22.7 Å². The quantitative estimate of drug-likeness (QED) is 0.182. The number of imidazole rings is 1. The first-order chi connectivity index (χ1) is 20.1. The summed E-state index contributed by atoms with van der Waals surface area (Å²) in [6, 6.07) is 21.4. The molecule has 3 heterocycles. The average Bonchev–Trinajstić information content (AvgIpc) is 3.63. The Balaban J connectivity index is 1.31. The molecular weight excluding hydrogens is 522 g/mol. The van der Waals surface area contributed by atoms with Crippen LogP contribution in [0.1, 0.15) is 29.2 Å². The Kier molecular flexibility index (Phi) is 7.40. The van der Waals surface area contributed by atoms with Crippen LogP contribution in [0, 0.1) is 0 Å². The van der Waals surface area contributed by atoms with E-state index < -0.39 is 17.7 Å². The van der Waals surface area contributed by atoms with Crippen LogP contribution >= 0.6 is 0 Å². The van der Waals surface area contributed by atoms with Gasteiger partial charge in [-0.1, -0.05) is 42.5 Å². The number of likely N-dealkylation sites (tertiary alicyclic amines) is 1. The molecule has 2 aliphatic heterocycles. The SMILES string of the molecule is O=C1C(=O)N(CCCn2ccnc2)[C@@H](c2ccc(OCc3ccccc3)cc2)C1=C(O)c1ccc2c(c1)OCCO2. The molecule has 3 aromatic carbocycles. The van der Waals surface area contributed by atoms with Gasteiger partial charge in [-0.25, -0.2) is 4.98 Å². The summed E-state index contributed by atoms with van der Waals surface area (Å²) in [7, 11) is 0. The van der Waals surface area contributed by atoms with E-state index in [1.54, 1.807) is 30.7 Å². The van der Waals surface area contributed by atoms with Gasteiger partial charge in [0.2, 0.25) is 0 Å². The molecule has 1 saturated heterocycles. The number of ether oxygens (including phenoxy) is 3. The smallest absolute Gasteiger partial charge is 0.295 e. The molecule has 0 radical (unpaired) electrons. The van der Waals surface area contributed by atoms with Crippen LogP contribution in [0.25, 0.3) is 5.76 Å². The first-order valence-corrected chi connectivity index (χ1v) is 13.5. The maximum Gasteiger partial charge on any atom is 0.295 e. The molecule has 1 amide bonds. The number of Topliss-reactive ketones (excluding diaryl/α,β-unsaturated/α-hetero) is 1. The Morgan fingerprint density at radius 2 is 1.73 bits per heavy atom. The van der Waals surface area contributed by atoms with Gasteiger partial charge >= 0.3 is 0 Å². The first kappa shape index (κ1) is 26.2. The average molecular weight is 552 g/mol. The highest BCUT2D eigenvalue weighted by molar-refractivity contribution is 6.46. The van der Waals surface area contributed by atoms with E-state index in [0.29, 0.717) is 67.7 Å². The molecule has 2 aliphatic rings. The van der Waals surface area contributed by atoms with Gasteiger partial charge in [-0.2, -0.15) is 0 Å². The number of hydrogen-bond donors (Lipinski definition) is 1. The number of rotatable bonds is 9. The second-order valence-electron chi connectivity index (χ2n) is 9.85. The van der Waals surface area contributed by atoms with Crippen molar-refractivity contribution in [2.45, 2.75) is 25.6 Å². The van der Waals surface area contributed by atoms with Crippen molar-refractivity contribution in [1.82, 2.24) is 14.5 Å². The lowest BCUT2D eigenvalue weighted by Crippen LogP contribution is -2.31. The lowest BCUT2D eigenvalue weighted by Gasteiger charge is -2.26. The highest BCUT2D eigenvalue weighted by Gasteiger charge is 2.45. The zero-order chi connectivity index (χ0) is 28.2. The van der Waals surface area contributed by atoms with Crippen molar-refractivity contribution in [1.29, 1.82) is 0 Å². The van der Waals surface area contributed by atoms with Crippen molar-refractivity contribution in [2.75, 3.05) is 19.8 Å². The number of aliphatic hydroxyl groups excluding tert-OH is 1. The molecule has 1 atom stereocenters. The predicted octanol–water partition coefficient (Wildman–Crippen LogP) is 4.75. The zero-order valence-electron chi connectivity index (χ0n) is 22.3. The number of nitrogens with zero attached hydrogens (tertiary/aromatic N) is 3. The van der Waals surface area contributed by atoms with Gasteiger partial charge in [0, 0.05) is 31.0 Å².